The summed E-state index contributed by atoms with van der Waals surface area (Å²) in [6.07, 6.45) is 0. The molecule has 92 valence electrons. The number of hydrogen-bond donors (Lipinski definition) is 0. The van der Waals surface area contributed by atoms with Crippen LogP contribution in [0, 0.1) is 0 Å². The summed E-state index contributed by atoms with van der Waals surface area (Å²) in [5.41, 5.74) is -2.09. The minimum atomic E-state index is -2.24. The number of alkyl halides is 1. The van der Waals surface area contributed by atoms with Crippen molar-refractivity contribution in [3.8, 4) is 11.5 Å². The number of benzene rings is 1. The van der Waals surface area contributed by atoms with Gasteiger partial charge in [-0.3, -0.25) is 0 Å². The number of fused-ring (bicyclic) bond motifs is 1. The first-order valence-corrected chi connectivity index (χ1v) is 5.63. The molecule has 0 fully saturated rings. The second-order valence-electron chi connectivity index (χ2n) is 3.68. The van der Waals surface area contributed by atoms with Crippen LogP contribution >= 0.6 is 15.9 Å². The van der Waals surface area contributed by atoms with Crippen LogP contribution in [0.25, 0.3) is 0 Å². The molecule has 0 saturated heterocycles. The normalized spacial score (nSPS) is 16.5. The summed E-state index contributed by atoms with van der Waals surface area (Å²) in [6, 6.07) is 3.00. The van der Waals surface area contributed by atoms with Gasteiger partial charge in [0.1, 0.15) is 0 Å². The van der Waals surface area contributed by atoms with E-state index in [2.05, 4.69) is 20.7 Å². The lowest BCUT2D eigenvalue weighted by molar-refractivity contribution is -0.154. The molecule has 0 bridgehead atoms. The predicted molar refractivity (Wildman–Crippen MR) is 60.7 cm³/mol. The largest absolute Gasteiger partial charge is 0.466 e. The van der Waals surface area contributed by atoms with Crippen molar-refractivity contribution >= 4 is 21.9 Å². The van der Waals surface area contributed by atoms with E-state index in [1.165, 1.54) is 6.07 Å². The molecule has 2 rings (SSSR count). The maximum absolute atomic E-state index is 14.3. The number of carbonyl (C=O) groups excluding carboxylic acids is 1. The molecule has 1 aliphatic rings. The Bertz CT molecular complexity index is 473. The molecule has 1 aromatic carbocycles. The standard InChI is InChI=1S/C11H10BrFO4/c1-11(13,10(14)15-2)6-3-8-9(4-7(6)12)17-5-16-8/h3-4H,5H2,1-2H3. The van der Waals surface area contributed by atoms with E-state index in [1.807, 2.05) is 0 Å². The van der Waals surface area contributed by atoms with E-state index in [9.17, 15) is 9.18 Å². The fourth-order valence-corrected chi connectivity index (χ4v) is 2.27. The lowest BCUT2D eigenvalue weighted by atomic mass is 9.97. The fraction of sp³-hybridized carbons (Fsp3) is 0.364. The third kappa shape index (κ3) is 1.97. The first kappa shape index (κ1) is 12.2. The molecule has 1 atom stereocenters. The van der Waals surface area contributed by atoms with Crippen molar-refractivity contribution in [3.05, 3.63) is 22.2 Å². The van der Waals surface area contributed by atoms with Crippen LogP contribution in [0.4, 0.5) is 4.39 Å². The van der Waals surface area contributed by atoms with Gasteiger partial charge in [-0.05, 0) is 19.1 Å². The van der Waals surface area contributed by atoms with Gasteiger partial charge in [0.25, 0.3) is 0 Å². The van der Waals surface area contributed by atoms with E-state index in [0.29, 0.717) is 16.0 Å². The second kappa shape index (κ2) is 4.18. The van der Waals surface area contributed by atoms with Gasteiger partial charge in [-0.15, -0.1) is 0 Å². The van der Waals surface area contributed by atoms with Crippen molar-refractivity contribution in [3.63, 3.8) is 0 Å². The van der Waals surface area contributed by atoms with Gasteiger partial charge in [0.05, 0.1) is 7.11 Å². The summed E-state index contributed by atoms with van der Waals surface area (Å²) >= 11 is 3.20. The minimum Gasteiger partial charge on any atom is -0.466 e. The molecule has 1 aliphatic heterocycles. The van der Waals surface area contributed by atoms with Gasteiger partial charge in [-0.25, -0.2) is 9.18 Å². The average molecular weight is 305 g/mol. The molecule has 1 aromatic rings. The van der Waals surface area contributed by atoms with Crippen LogP contribution in [-0.2, 0) is 15.2 Å². The maximum atomic E-state index is 14.3. The lowest BCUT2D eigenvalue weighted by Crippen LogP contribution is -2.29. The van der Waals surface area contributed by atoms with Gasteiger partial charge in [-0.1, -0.05) is 15.9 Å². The summed E-state index contributed by atoms with van der Waals surface area (Å²) < 4.78 is 29.5. The third-order valence-electron chi connectivity index (χ3n) is 2.54. The van der Waals surface area contributed by atoms with E-state index < -0.39 is 11.6 Å². The Morgan fingerprint density at radius 2 is 2.06 bits per heavy atom. The van der Waals surface area contributed by atoms with Crippen molar-refractivity contribution in [2.75, 3.05) is 13.9 Å². The van der Waals surface area contributed by atoms with Gasteiger partial charge in [0.2, 0.25) is 12.5 Å². The van der Waals surface area contributed by atoms with E-state index >= 15 is 0 Å². The number of methoxy groups -OCH3 is 1. The van der Waals surface area contributed by atoms with Crippen LogP contribution in [0.3, 0.4) is 0 Å². The summed E-state index contributed by atoms with van der Waals surface area (Å²) in [5.74, 6) is -0.0330. The molecular formula is C11H10BrFO4. The Morgan fingerprint density at radius 1 is 1.47 bits per heavy atom. The zero-order valence-corrected chi connectivity index (χ0v) is 10.8. The van der Waals surface area contributed by atoms with E-state index in [4.69, 9.17) is 9.47 Å². The molecule has 0 aliphatic carbocycles. The molecule has 0 radical (unpaired) electrons. The Kier molecular flexibility index (Phi) is 2.99. The number of rotatable bonds is 2. The molecular weight excluding hydrogens is 295 g/mol. The van der Waals surface area contributed by atoms with Crippen LogP contribution in [0.5, 0.6) is 11.5 Å². The van der Waals surface area contributed by atoms with E-state index in [0.717, 1.165) is 14.0 Å². The molecule has 0 amide bonds. The van der Waals surface area contributed by atoms with Gasteiger partial charge in [0, 0.05) is 10.0 Å². The van der Waals surface area contributed by atoms with Crippen LogP contribution < -0.4 is 9.47 Å². The first-order chi connectivity index (χ1) is 7.96. The van der Waals surface area contributed by atoms with Crippen LogP contribution in [0.1, 0.15) is 12.5 Å². The molecule has 0 saturated carbocycles. The van der Waals surface area contributed by atoms with Crippen LogP contribution in [0.15, 0.2) is 16.6 Å². The van der Waals surface area contributed by atoms with Gasteiger partial charge in [-0.2, -0.15) is 0 Å². The monoisotopic (exact) mass is 304 g/mol. The number of esters is 1. The van der Waals surface area contributed by atoms with Crippen molar-refractivity contribution in [2.24, 2.45) is 0 Å². The van der Waals surface area contributed by atoms with Gasteiger partial charge >= 0.3 is 5.97 Å². The number of halogens is 2. The molecule has 4 nitrogen and oxygen atoms in total. The smallest absolute Gasteiger partial charge is 0.348 e. The molecule has 0 aromatic heterocycles. The molecule has 1 unspecified atom stereocenters. The minimum absolute atomic E-state index is 0.0897. The predicted octanol–water partition coefficient (Wildman–Crippen LogP) is 2.54. The first-order valence-electron chi connectivity index (χ1n) is 4.83. The molecule has 0 spiro atoms. The summed E-state index contributed by atoms with van der Waals surface area (Å²) in [4.78, 5) is 11.4. The maximum Gasteiger partial charge on any atom is 0.348 e. The summed E-state index contributed by atoms with van der Waals surface area (Å²) in [6.45, 7) is 1.23. The number of ether oxygens (including phenoxy) is 3. The Labute approximate surface area is 106 Å². The third-order valence-corrected chi connectivity index (χ3v) is 3.19. The highest BCUT2D eigenvalue weighted by molar-refractivity contribution is 9.10. The summed E-state index contributed by atoms with van der Waals surface area (Å²) in [7, 11) is 1.14. The Balaban J connectivity index is 2.49. The van der Waals surface area contributed by atoms with Crippen LogP contribution in [0.2, 0.25) is 0 Å². The van der Waals surface area contributed by atoms with Crippen molar-refractivity contribution in [2.45, 2.75) is 12.6 Å². The van der Waals surface area contributed by atoms with Gasteiger partial charge < -0.3 is 14.2 Å². The highest BCUT2D eigenvalue weighted by Crippen LogP contribution is 2.42. The molecule has 6 heteroatoms. The molecule has 0 N–H and O–H groups in total. The van der Waals surface area contributed by atoms with Crippen molar-refractivity contribution in [1.82, 2.24) is 0 Å². The lowest BCUT2D eigenvalue weighted by Gasteiger charge is -2.19. The zero-order valence-electron chi connectivity index (χ0n) is 9.25. The Hall–Kier alpha value is -1.30. The van der Waals surface area contributed by atoms with E-state index in [1.54, 1.807) is 6.07 Å². The highest BCUT2D eigenvalue weighted by atomic mass is 79.9. The molecule has 17 heavy (non-hydrogen) atoms. The SMILES string of the molecule is COC(=O)C(C)(F)c1cc2c(cc1Br)OCO2. The topological polar surface area (TPSA) is 44.8 Å². The molecule has 1 heterocycles. The highest BCUT2D eigenvalue weighted by Gasteiger charge is 2.39. The summed E-state index contributed by atoms with van der Waals surface area (Å²) in [5, 5.41) is 0. The van der Waals surface area contributed by atoms with E-state index in [-0.39, 0.29) is 12.4 Å². The average Bonchev–Trinajstić information content (AvgIpc) is 2.73. The fourth-order valence-electron chi connectivity index (χ4n) is 1.58. The second-order valence-corrected chi connectivity index (χ2v) is 4.53. The quantitative estimate of drug-likeness (QED) is 0.788. The number of hydrogen-bond acceptors (Lipinski definition) is 4. The van der Waals surface area contributed by atoms with Crippen LogP contribution in [-0.4, -0.2) is 19.9 Å². The zero-order chi connectivity index (χ0) is 12.6. The van der Waals surface area contributed by atoms with Gasteiger partial charge in [0.15, 0.2) is 11.5 Å². The Morgan fingerprint density at radius 3 is 2.65 bits per heavy atom. The van der Waals surface area contributed by atoms with Crippen molar-refractivity contribution < 1.29 is 23.4 Å². The number of carbonyl (C=O) groups is 1. The van der Waals surface area contributed by atoms with Crippen molar-refractivity contribution in [1.29, 1.82) is 0 Å².